The maximum atomic E-state index is 11.2. The van der Waals surface area contributed by atoms with Gasteiger partial charge >= 0.3 is 5.69 Å². The van der Waals surface area contributed by atoms with Gasteiger partial charge in [0.1, 0.15) is 0 Å². The minimum absolute atomic E-state index is 0.121. The monoisotopic (exact) mass is 184 g/mol. The van der Waals surface area contributed by atoms with Crippen LogP contribution in [-0.4, -0.2) is 14.7 Å². The van der Waals surface area contributed by atoms with Gasteiger partial charge in [-0.3, -0.25) is 14.3 Å². The average Bonchev–Trinajstić information content (AvgIpc) is 2.02. The van der Waals surface area contributed by atoms with E-state index in [1.54, 1.807) is 6.92 Å². The van der Waals surface area contributed by atoms with Crippen molar-refractivity contribution in [3.63, 3.8) is 0 Å². The molecular formula is C8H12N2O3. The molecule has 13 heavy (non-hydrogen) atoms. The summed E-state index contributed by atoms with van der Waals surface area (Å²) in [6, 6.07) is 0.873. The molecule has 0 radical (unpaired) electrons. The summed E-state index contributed by atoms with van der Waals surface area (Å²) in [6.45, 7) is 3.68. The third kappa shape index (κ3) is 1.80. The molecule has 0 spiro atoms. The Morgan fingerprint density at radius 3 is 2.69 bits per heavy atom. The Morgan fingerprint density at radius 1 is 1.62 bits per heavy atom. The normalized spacial score (nSPS) is 12.8. The molecule has 0 saturated heterocycles. The molecule has 72 valence electrons. The first-order valence-corrected chi connectivity index (χ1v) is 4.11. The number of nitrogens with one attached hydrogen (secondary N) is 1. The maximum Gasteiger partial charge on any atom is 0.331 e. The number of hydrogen-bond acceptors (Lipinski definition) is 3. The number of nitrogens with zero attached hydrogens (tertiary/aromatic N) is 1. The Hall–Kier alpha value is -1.52. The Labute approximate surface area is 74.7 Å². The molecule has 1 atom stereocenters. The number of aromatic amines is 1. The van der Waals surface area contributed by atoms with Gasteiger partial charge in [-0.05, 0) is 13.3 Å². The van der Waals surface area contributed by atoms with E-state index < -0.39 is 11.2 Å². The van der Waals surface area contributed by atoms with Crippen molar-refractivity contribution in [2.45, 2.75) is 26.3 Å². The summed E-state index contributed by atoms with van der Waals surface area (Å²) in [5.74, 6) is -0.289. The quantitative estimate of drug-likeness (QED) is 0.690. The summed E-state index contributed by atoms with van der Waals surface area (Å²) in [5.41, 5.74) is -1.15. The zero-order valence-electron chi connectivity index (χ0n) is 7.57. The minimum Gasteiger partial charge on any atom is -0.494 e. The van der Waals surface area contributed by atoms with Gasteiger partial charge in [-0.15, -0.1) is 0 Å². The van der Waals surface area contributed by atoms with Crippen LogP contribution in [0.2, 0.25) is 0 Å². The molecule has 0 aliphatic carbocycles. The van der Waals surface area contributed by atoms with Gasteiger partial charge in [0.05, 0.1) is 6.07 Å². The Bertz CT molecular complexity index is 405. The number of H-pyrrole nitrogens is 1. The van der Waals surface area contributed by atoms with Crippen molar-refractivity contribution in [3.8, 4) is 5.88 Å². The van der Waals surface area contributed by atoms with Crippen LogP contribution in [0.5, 0.6) is 5.88 Å². The smallest absolute Gasteiger partial charge is 0.331 e. The van der Waals surface area contributed by atoms with Crippen molar-refractivity contribution in [1.29, 1.82) is 0 Å². The lowest BCUT2D eigenvalue weighted by molar-refractivity contribution is 0.367. The van der Waals surface area contributed by atoms with Gasteiger partial charge in [0.2, 0.25) is 5.88 Å². The van der Waals surface area contributed by atoms with E-state index >= 15 is 0 Å². The molecule has 1 aromatic rings. The lowest BCUT2D eigenvalue weighted by Crippen LogP contribution is -2.30. The van der Waals surface area contributed by atoms with Crippen LogP contribution >= 0.6 is 0 Å². The second kappa shape index (κ2) is 3.47. The van der Waals surface area contributed by atoms with E-state index in [4.69, 9.17) is 0 Å². The Balaban J connectivity index is 3.37. The second-order valence-electron chi connectivity index (χ2n) is 2.92. The highest BCUT2D eigenvalue weighted by atomic mass is 16.3. The molecule has 1 heterocycles. The van der Waals surface area contributed by atoms with Crippen molar-refractivity contribution >= 4 is 0 Å². The molecule has 0 amide bonds. The van der Waals surface area contributed by atoms with Gasteiger partial charge in [-0.2, -0.15) is 0 Å². The highest BCUT2D eigenvalue weighted by Crippen LogP contribution is 2.12. The molecule has 5 nitrogen and oxygen atoms in total. The van der Waals surface area contributed by atoms with Crippen molar-refractivity contribution in [2.75, 3.05) is 0 Å². The third-order valence-electron chi connectivity index (χ3n) is 1.99. The number of rotatable bonds is 2. The fourth-order valence-electron chi connectivity index (χ4n) is 1.10. The van der Waals surface area contributed by atoms with Gasteiger partial charge < -0.3 is 5.11 Å². The Kier molecular flexibility index (Phi) is 2.55. The molecule has 1 rings (SSSR count). The number of aromatic hydroxyl groups is 1. The summed E-state index contributed by atoms with van der Waals surface area (Å²) in [5, 5.41) is 9.32. The van der Waals surface area contributed by atoms with Crippen LogP contribution in [0.1, 0.15) is 26.3 Å². The van der Waals surface area contributed by atoms with Gasteiger partial charge in [0, 0.05) is 6.04 Å². The van der Waals surface area contributed by atoms with Crippen molar-refractivity contribution in [2.24, 2.45) is 0 Å². The molecule has 0 saturated carbocycles. The highest BCUT2D eigenvalue weighted by molar-refractivity contribution is 5.06. The first-order valence-electron chi connectivity index (χ1n) is 4.11. The predicted molar refractivity (Wildman–Crippen MR) is 48.0 cm³/mol. The van der Waals surface area contributed by atoms with Crippen LogP contribution in [0.3, 0.4) is 0 Å². The first kappa shape index (κ1) is 9.57. The maximum absolute atomic E-state index is 11.2. The summed E-state index contributed by atoms with van der Waals surface area (Å²) in [7, 11) is 0. The molecule has 1 aromatic heterocycles. The van der Waals surface area contributed by atoms with Crippen LogP contribution in [0, 0.1) is 0 Å². The zero-order chi connectivity index (χ0) is 10.0. The third-order valence-corrected chi connectivity index (χ3v) is 1.99. The SMILES string of the molecule is CC[C@@H](C)n1c(O)cc(=O)[nH]c1=O. The molecule has 0 aliphatic rings. The van der Waals surface area contributed by atoms with Crippen molar-refractivity contribution < 1.29 is 5.11 Å². The lowest BCUT2D eigenvalue weighted by Gasteiger charge is -2.12. The molecule has 0 aliphatic heterocycles. The van der Waals surface area contributed by atoms with Crippen LogP contribution in [0.4, 0.5) is 0 Å². The molecule has 0 bridgehead atoms. The predicted octanol–water partition coefficient (Wildman–Crippen LogP) is 0.213. The lowest BCUT2D eigenvalue weighted by atomic mass is 10.2. The fourth-order valence-corrected chi connectivity index (χ4v) is 1.10. The molecule has 5 heteroatoms. The first-order chi connectivity index (χ1) is 6.06. The summed E-state index contributed by atoms with van der Waals surface area (Å²) in [6.07, 6.45) is 0.708. The van der Waals surface area contributed by atoms with Crippen molar-refractivity contribution in [3.05, 3.63) is 26.9 Å². The van der Waals surface area contributed by atoms with Crippen LogP contribution < -0.4 is 11.2 Å². The second-order valence-corrected chi connectivity index (χ2v) is 2.92. The largest absolute Gasteiger partial charge is 0.494 e. The van der Waals surface area contributed by atoms with Gasteiger partial charge in [0.15, 0.2) is 0 Å². The zero-order valence-corrected chi connectivity index (χ0v) is 7.57. The van der Waals surface area contributed by atoms with E-state index in [9.17, 15) is 14.7 Å². The summed E-state index contributed by atoms with van der Waals surface area (Å²) < 4.78 is 1.15. The number of hydrogen-bond donors (Lipinski definition) is 2. The molecule has 0 aromatic carbocycles. The van der Waals surface area contributed by atoms with Gasteiger partial charge in [0.25, 0.3) is 5.56 Å². The number of aromatic nitrogens is 2. The van der Waals surface area contributed by atoms with Crippen LogP contribution in [0.15, 0.2) is 15.7 Å². The summed E-state index contributed by atoms with van der Waals surface area (Å²) >= 11 is 0. The van der Waals surface area contributed by atoms with Crippen LogP contribution in [0.25, 0.3) is 0 Å². The summed E-state index contributed by atoms with van der Waals surface area (Å²) in [4.78, 5) is 24.0. The van der Waals surface area contributed by atoms with E-state index in [1.807, 2.05) is 6.92 Å². The molecule has 0 fully saturated rings. The van der Waals surface area contributed by atoms with E-state index in [1.165, 1.54) is 0 Å². The topological polar surface area (TPSA) is 75.1 Å². The van der Waals surface area contributed by atoms with Gasteiger partial charge in [-0.25, -0.2) is 4.79 Å². The average molecular weight is 184 g/mol. The van der Waals surface area contributed by atoms with Gasteiger partial charge in [-0.1, -0.05) is 6.92 Å². The van der Waals surface area contributed by atoms with Crippen molar-refractivity contribution in [1.82, 2.24) is 9.55 Å². The molecule has 2 N–H and O–H groups in total. The Morgan fingerprint density at radius 2 is 2.23 bits per heavy atom. The van der Waals surface area contributed by atoms with E-state index in [0.29, 0.717) is 6.42 Å². The van der Waals surface area contributed by atoms with E-state index in [0.717, 1.165) is 10.6 Å². The standard InChI is InChI=1S/C8H12N2O3/c1-3-5(2)10-7(12)4-6(11)9-8(10)13/h4-5,12H,3H2,1-2H3,(H,9,11,13)/t5-/m1/s1. The van der Waals surface area contributed by atoms with E-state index in [-0.39, 0.29) is 11.9 Å². The minimum atomic E-state index is -0.581. The van der Waals surface area contributed by atoms with E-state index in [2.05, 4.69) is 4.98 Å². The van der Waals surface area contributed by atoms with Crippen LogP contribution in [-0.2, 0) is 0 Å². The highest BCUT2D eigenvalue weighted by Gasteiger charge is 2.09. The molecule has 0 unspecified atom stereocenters. The molecular weight excluding hydrogens is 172 g/mol. The fraction of sp³-hybridized carbons (Fsp3) is 0.500.